The second-order valence-electron chi connectivity index (χ2n) is 15.6. The maximum atomic E-state index is 14.9. The molecule has 0 bridgehead atoms. The first-order valence-corrected chi connectivity index (χ1v) is 19.3. The van der Waals surface area contributed by atoms with Gasteiger partial charge in [-0.1, -0.05) is 83.5 Å². The van der Waals surface area contributed by atoms with E-state index >= 15 is 0 Å². The van der Waals surface area contributed by atoms with Gasteiger partial charge in [0.05, 0.1) is 38.6 Å². The monoisotopic (exact) mass is 791 g/mol. The van der Waals surface area contributed by atoms with Crippen LogP contribution in [0.3, 0.4) is 0 Å². The van der Waals surface area contributed by atoms with E-state index in [0.29, 0.717) is 31.6 Å². The number of alkyl carbamates (subject to hydrolysis) is 1. The molecule has 2 heterocycles. The van der Waals surface area contributed by atoms with Gasteiger partial charge in [0.25, 0.3) is 5.91 Å². The molecule has 0 radical (unpaired) electrons. The van der Waals surface area contributed by atoms with Crippen LogP contribution >= 0.6 is 0 Å². The van der Waals surface area contributed by atoms with Gasteiger partial charge < -0.3 is 35.0 Å². The highest BCUT2D eigenvalue weighted by atomic mass is 19.1. The van der Waals surface area contributed by atoms with Gasteiger partial charge in [0, 0.05) is 31.9 Å². The van der Waals surface area contributed by atoms with E-state index in [1.807, 2.05) is 69.3 Å². The first kappa shape index (κ1) is 44.4. The summed E-state index contributed by atoms with van der Waals surface area (Å²) in [6.07, 6.45) is -1.27. The van der Waals surface area contributed by atoms with Crippen LogP contribution in [0.15, 0.2) is 66.7 Å². The second-order valence-corrected chi connectivity index (χ2v) is 15.6. The summed E-state index contributed by atoms with van der Waals surface area (Å²) in [5.41, 5.74) is 4.94. The first-order valence-electron chi connectivity index (χ1n) is 19.3. The molecule has 1 aliphatic rings. The Balaban J connectivity index is 1.63. The number of aromatic nitrogens is 1. The number of hydrazine groups is 1. The van der Waals surface area contributed by atoms with Gasteiger partial charge in [-0.05, 0) is 60.1 Å². The van der Waals surface area contributed by atoms with Crippen LogP contribution in [0, 0.1) is 24.1 Å². The molecule has 0 unspecified atom stereocenters. The van der Waals surface area contributed by atoms with E-state index < -0.39 is 53.4 Å². The summed E-state index contributed by atoms with van der Waals surface area (Å²) in [5, 5.41) is 19.1. The molecule has 0 spiro atoms. The van der Waals surface area contributed by atoms with Crippen LogP contribution in [0.5, 0.6) is 5.75 Å². The van der Waals surface area contributed by atoms with Crippen molar-refractivity contribution in [2.45, 2.75) is 91.7 Å². The summed E-state index contributed by atoms with van der Waals surface area (Å²) in [5.74, 6) is -1.82. The molecule has 1 aromatic heterocycles. The van der Waals surface area contributed by atoms with Gasteiger partial charge in [-0.25, -0.2) is 19.0 Å². The molecule has 0 aliphatic carbocycles. The minimum Gasteiger partial charge on any atom is -0.494 e. The fourth-order valence-electron chi connectivity index (χ4n) is 6.84. The summed E-state index contributed by atoms with van der Waals surface area (Å²) in [4.78, 5) is 62.2. The molecule has 15 heteroatoms. The van der Waals surface area contributed by atoms with Crippen LogP contribution in [-0.4, -0.2) is 107 Å². The number of aliphatic hydroxyl groups excluding tert-OH is 1. The van der Waals surface area contributed by atoms with Gasteiger partial charge in [-0.15, -0.1) is 0 Å². The van der Waals surface area contributed by atoms with Crippen molar-refractivity contribution in [3.05, 3.63) is 95.1 Å². The number of nitrogens with one attached hydrogen (secondary N) is 3. The van der Waals surface area contributed by atoms with Crippen molar-refractivity contribution in [3.63, 3.8) is 0 Å². The predicted molar refractivity (Wildman–Crippen MR) is 213 cm³/mol. The Bertz CT molecular complexity index is 1830. The SMILES string of the molecule is CC[C@H](C)[C@@H](C(=O)N[C@@H](Cc1ccccc1)[C@@H](O)CN(Cc1ccc(OC)c(F)c1)NC(=O)[C@@H](NC(=O)OC)C(C)(C)C)N1CCN(Cc2cccc(C)n2)C1=O. The number of nitrogens with zero attached hydrogens (tertiary/aromatic N) is 4. The number of pyridine rings is 1. The third kappa shape index (κ3) is 12.4. The zero-order valence-corrected chi connectivity index (χ0v) is 34.3. The topological polar surface area (TPSA) is 166 Å². The summed E-state index contributed by atoms with van der Waals surface area (Å²) in [6, 6.07) is 16.3. The molecule has 3 aromatic rings. The molecule has 4 rings (SSSR count). The molecule has 1 aliphatic heterocycles. The summed E-state index contributed by atoms with van der Waals surface area (Å²) < 4.78 is 24.7. The molecule has 5 atom stereocenters. The number of urea groups is 1. The van der Waals surface area contributed by atoms with Crippen LogP contribution in [-0.2, 0) is 33.8 Å². The smallest absolute Gasteiger partial charge is 0.407 e. The first-order chi connectivity index (χ1) is 27.0. The highest BCUT2D eigenvalue weighted by Gasteiger charge is 2.41. The Morgan fingerprint density at radius 3 is 2.32 bits per heavy atom. The number of amides is 5. The number of carbonyl (C=O) groups is 4. The summed E-state index contributed by atoms with van der Waals surface area (Å²) >= 11 is 0. The molecule has 2 aromatic carbocycles. The number of hydrogen-bond donors (Lipinski definition) is 4. The number of ether oxygens (including phenoxy) is 2. The van der Waals surface area contributed by atoms with E-state index in [4.69, 9.17) is 9.47 Å². The fraction of sp³-hybridized carbons (Fsp3) is 0.500. The van der Waals surface area contributed by atoms with Crippen LogP contribution < -0.4 is 20.8 Å². The number of rotatable bonds is 18. The maximum absolute atomic E-state index is 14.9. The number of aliphatic hydroxyl groups is 1. The lowest BCUT2D eigenvalue weighted by molar-refractivity contribution is -0.132. The largest absolute Gasteiger partial charge is 0.494 e. The van der Waals surface area contributed by atoms with E-state index in [1.54, 1.807) is 36.6 Å². The number of hydrogen-bond acceptors (Lipinski definition) is 9. The van der Waals surface area contributed by atoms with Gasteiger partial charge in [0.2, 0.25) is 5.91 Å². The summed E-state index contributed by atoms with van der Waals surface area (Å²) in [6.45, 7) is 11.9. The Morgan fingerprint density at radius 1 is 0.982 bits per heavy atom. The van der Waals surface area contributed by atoms with E-state index in [0.717, 1.165) is 17.0 Å². The molecule has 1 saturated heterocycles. The normalized spacial score (nSPS) is 15.7. The van der Waals surface area contributed by atoms with Gasteiger partial charge in [-0.3, -0.25) is 20.0 Å². The van der Waals surface area contributed by atoms with Crippen LogP contribution in [0.2, 0.25) is 0 Å². The molecule has 310 valence electrons. The van der Waals surface area contributed by atoms with E-state index in [2.05, 4.69) is 21.0 Å². The minimum absolute atomic E-state index is 0.0392. The Morgan fingerprint density at radius 2 is 1.70 bits per heavy atom. The quantitative estimate of drug-likeness (QED) is 0.135. The van der Waals surface area contributed by atoms with Crippen molar-refractivity contribution < 1.29 is 38.1 Å². The van der Waals surface area contributed by atoms with Crippen molar-refractivity contribution in [3.8, 4) is 5.75 Å². The number of aryl methyl sites for hydroxylation is 1. The number of benzene rings is 2. The zero-order valence-electron chi connectivity index (χ0n) is 34.3. The average molecular weight is 792 g/mol. The van der Waals surface area contributed by atoms with Crippen molar-refractivity contribution >= 4 is 23.9 Å². The van der Waals surface area contributed by atoms with E-state index in [9.17, 15) is 28.7 Å². The van der Waals surface area contributed by atoms with Crippen LogP contribution in [0.1, 0.15) is 63.6 Å². The molecule has 57 heavy (non-hydrogen) atoms. The van der Waals surface area contributed by atoms with Crippen molar-refractivity contribution in [1.29, 1.82) is 0 Å². The van der Waals surface area contributed by atoms with Crippen LogP contribution in [0.25, 0.3) is 0 Å². The number of halogens is 1. The lowest BCUT2D eigenvalue weighted by Crippen LogP contribution is -2.60. The molecule has 5 amide bonds. The third-order valence-corrected chi connectivity index (χ3v) is 10.1. The molecular formula is C42H58FN7O7. The molecular weight excluding hydrogens is 734 g/mol. The Labute approximate surface area is 335 Å². The lowest BCUT2D eigenvalue weighted by Gasteiger charge is -2.36. The summed E-state index contributed by atoms with van der Waals surface area (Å²) in [7, 11) is 2.55. The third-order valence-electron chi connectivity index (χ3n) is 10.1. The predicted octanol–water partition coefficient (Wildman–Crippen LogP) is 4.58. The van der Waals surface area contributed by atoms with Crippen molar-refractivity contribution in [2.75, 3.05) is 33.9 Å². The Kier molecular flexibility index (Phi) is 15.8. The van der Waals surface area contributed by atoms with Gasteiger partial charge in [0.1, 0.15) is 12.1 Å². The number of methoxy groups -OCH3 is 2. The maximum Gasteiger partial charge on any atom is 0.407 e. The van der Waals surface area contributed by atoms with E-state index in [1.165, 1.54) is 31.4 Å². The average Bonchev–Trinajstić information content (AvgIpc) is 3.51. The molecule has 0 saturated carbocycles. The minimum atomic E-state index is -1.30. The molecule has 4 N–H and O–H groups in total. The van der Waals surface area contributed by atoms with Gasteiger partial charge in [-0.2, -0.15) is 0 Å². The van der Waals surface area contributed by atoms with E-state index in [-0.39, 0.29) is 37.2 Å². The Hall–Kier alpha value is -5.28. The fourth-order valence-corrected chi connectivity index (χ4v) is 6.84. The highest BCUT2D eigenvalue weighted by molar-refractivity contribution is 5.88. The second kappa shape index (κ2) is 20.2. The zero-order chi connectivity index (χ0) is 41.9. The van der Waals surface area contributed by atoms with Crippen molar-refractivity contribution in [1.82, 2.24) is 35.9 Å². The van der Waals surface area contributed by atoms with Crippen molar-refractivity contribution in [2.24, 2.45) is 11.3 Å². The highest BCUT2D eigenvalue weighted by Crippen LogP contribution is 2.24. The van der Waals surface area contributed by atoms with Gasteiger partial charge in [0.15, 0.2) is 11.6 Å². The molecule has 14 nitrogen and oxygen atoms in total. The van der Waals surface area contributed by atoms with Crippen LogP contribution in [0.4, 0.5) is 14.0 Å². The van der Waals surface area contributed by atoms with Gasteiger partial charge >= 0.3 is 12.1 Å². The standard InChI is InChI=1S/C42H58FN7O7/c1-9-27(2)36(50-21-20-48(41(50)55)25-31-17-13-14-28(3)44-31)38(52)45-33(23-29-15-11-10-12-16-29)34(51)26-49(24-30-18-19-35(56-7)32(43)22-30)47-39(53)37(42(4,5)6)46-40(54)57-8/h10-19,22,27,33-34,36-37,51H,9,20-21,23-26H2,1-8H3,(H,45,52)(H,46,54)(H,47,53)/t27-,33-,34-,36-,37+/m0/s1. The lowest BCUT2D eigenvalue weighted by atomic mass is 9.86. The number of carbonyl (C=O) groups excluding carboxylic acids is 4. The molecule has 1 fully saturated rings.